The van der Waals surface area contributed by atoms with Crippen molar-refractivity contribution in [3.05, 3.63) is 29.8 Å². The molecule has 0 saturated heterocycles. The summed E-state index contributed by atoms with van der Waals surface area (Å²) in [5, 5.41) is 5.30. The summed E-state index contributed by atoms with van der Waals surface area (Å²) in [5.41, 5.74) is 1.78. The zero-order valence-corrected chi connectivity index (χ0v) is 11.4. The van der Waals surface area contributed by atoms with Crippen molar-refractivity contribution in [3.8, 4) is 0 Å². The standard InChI is InChI=1S/C13H16ClN3O2/c1-15-12(18)11-8-9-4-2-3-5-10(9)17(11)13(19)16-7-6-14/h2-5,11H,6-8H2,1H3,(H,15,18)(H,16,19). The molecule has 0 bridgehead atoms. The van der Waals surface area contributed by atoms with Gasteiger partial charge >= 0.3 is 6.03 Å². The molecule has 2 rings (SSSR count). The Labute approximate surface area is 116 Å². The van der Waals surface area contributed by atoms with Gasteiger partial charge in [0, 0.05) is 31.6 Å². The number of fused-ring (bicyclic) bond motifs is 1. The Bertz CT molecular complexity index is 493. The second-order valence-corrected chi connectivity index (χ2v) is 4.63. The van der Waals surface area contributed by atoms with Crippen molar-refractivity contribution in [3.63, 3.8) is 0 Å². The summed E-state index contributed by atoms with van der Waals surface area (Å²) in [6, 6.07) is 6.74. The first-order valence-corrected chi connectivity index (χ1v) is 6.65. The molecule has 1 heterocycles. The number of benzene rings is 1. The van der Waals surface area contributed by atoms with E-state index in [0.717, 1.165) is 11.3 Å². The highest BCUT2D eigenvalue weighted by molar-refractivity contribution is 6.18. The number of hydrogen-bond acceptors (Lipinski definition) is 2. The van der Waals surface area contributed by atoms with E-state index in [2.05, 4.69) is 10.6 Å². The van der Waals surface area contributed by atoms with Gasteiger partial charge in [-0.1, -0.05) is 18.2 Å². The summed E-state index contributed by atoms with van der Waals surface area (Å²) >= 11 is 5.57. The van der Waals surface area contributed by atoms with E-state index >= 15 is 0 Å². The third kappa shape index (κ3) is 2.66. The summed E-state index contributed by atoms with van der Waals surface area (Å²) < 4.78 is 0. The van der Waals surface area contributed by atoms with Crippen LogP contribution in [0.25, 0.3) is 0 Å². The largest absolute Gasteiger partial charge is 0.357 e. The van der Waals surface area contributed by atoms with E-state index in [0.29, 0.717) is 18.8 Å². The van der Waals surface area contributed by atoms with E-state index in [1.165, 1.54) is 4.90 Å². The van der Waals surface area contributed by atoms with Gasteiger partial charge in [0.05, 0.1) is 0 Å². The van der Waals surface area contributed by atoms with Crippen LogP contribution in [0.2, 0.25) is 0 Å². The number of rotatable bonds is 3. The molecule has 0 radical (unpaired) electrons. The smallest absolute Gasteiger partial charge is 0.322 e. The van der Waals surface area contributed by atoms with E-state index in [1.807, 2.05) is 24.3 Å². The van der Waals surface area contributed by atoms with Gasteiger partial charge in [-0.05, 0) is 11.6 Å². The van der Waals surface area contributed by atoms with Crippen LogP contribution in [0.5, 0.6) is 0 Å². The number of anilines is 1. The molecule has 1 aliphatic rings. The van der Waals surface area contributed by atoms with E-state index in [9.17, 15) is 9.59 Å². The molecule has 0 fully saturated rings. The normalized spacial score (nSPS) is 16.9. The molecule has 19 heavy (non-hydrogen) atoms. The van der Waals surface area contributed by atoms with Crippen LogP contribution in [0.3, 0.4) is 0 Å². The molecule has 1 aromatic carbocycles. The number of alkyl halides is 1. The second-order valence-electron chi connectivity index (χ2n) is 4.25. The maximum atomic E-state index is 12.2. The van der Waals surface area contributed by atoms with Crippen molar-refractivity contribution in [1.29, 1.82) is 0 Å². The summed E-state index contributed by atoms with van der Waals surface area (Å²) in [6.45, 7) is 0.375. The molecule has 6 heteroatoms. The van der Waals surface area contributed by atoms with Crippen LogP contribution in [-0.4, -0.2) is 37.5 Å². The van der Waals surface area contributed by atoms with Crippen molar-refractivity contribution in [2.75, 3.05) is 24.4 Å². The first-order valence-electron chi connectivity index (χ1n) is 6.11. The number of urea groups is 1. The number of halogens is 1. The Morgan fingerprint density at radius 3 is 2.84 bits per heavy atom. The molecule has 1 aliphatic heterocycles. The van der Waals surface area contributed by atoms with Crippen molar-refractivity contribution in [2.24, 2.45) is 0 Å². The zero-order valence-electron chi connectivity index (χ0n) is 10.6. The predicted molar refractivity (Wildman–Crippen MR) is 74.6 cm³/mol. The van der Waals surface area contributed by atoms with Gasteiger partial charge in [-0.15, -0.1) is 11.6 Å². The number of para-hydroxylation sites is 1. The van der Waals surface area contributed by atoms with Crippen LogP contribution in [0.4, 0.5) is 10.5 Å². The average Bonchev–Trinajstić information content (AvgIpc) is 2.83. The average molecular weight is 282 g/mol. The summed E-state index contributed by atoms with van der Waals surface area (Å²) in [4.78, 5) is 25.6. The first-order chi connectivity index (χ1) is 9.19. The molecule has 1 atom stereocenters. The Morgan fingerprint density at radius 2 is 2.16 bits per heavy atom. The first kappa shape index (κ1) is 13.7. The van der Waals surface area contributed by atoms with Crippen molar-refractivity contribution < 1.29 is 9.59 Å². The van der Waals surface area contributed by atoms with Gasteiger partial charge in [0.2, 0.25) is 5.91 Å². The molecule has 0 spiro atoms. The van der Waals surface area contributed by atoms with Gasteiger partial charge in [0.25, 0.3) is 0 Å². The number of nitrogens with one attached hydrogen (secondary N) is 2. The van der Waals surface area contributed by atoms with E-state index in [4.69, 9.17) is 11.6 Å². The Hall–Kier alpha value is -1.75. The maximum absolute atomic E-state index is 12.2. The third-order valence-corrected chi connectivity index (χ3v) is 3.30. The lowest BCUT2D eigenvalue weighted by molar-refractivity contribution is -0.121. The van der Waals surface area contributed by atoms with Crippen molar-refractivity contribution >= 4 is 29.2 Å². The second kappa shape index (κ2) is 5.93. The van der Waals surface area contributed by atoms with E-state index in [1.54, 1.807) is 7.05 Å². The third-order valence-electron chi connectivity index (χ3n) is 3.11. The molecule has 1 aromatic rings. The number of amides is 3. The van der Waals surface area contributed by atoms with Crippen molar-refractivity contribution in [1.82, 2.24) is 10.6 Å². The maximum Gasteiger partial charge on any atom is 0.322 e. The Kier molecular flexibility index (Phi) is 4.27. The van der Waals surface area contributed by atoms with Gasteiger partial charge in [-0.3, -0.25) is 9.69 Å². The van der Waals surface area contributed by atoms with Gasteiger partial charge in [0.15, 0.2) is 0 Å². The van der Waals surface area contributed by atoms with Gasteiger partial charge in [-0.25, -0.2) is 4.79 Å². The van der Waals surface area contributed by atoms with Crippen LogP contribution < -0.4 is 15.5 Å². The van der Waals surface area contributed by atoms with Crippen LogP contribution in [0, 0.1) is 0 Å². The molecule has 0 aliphatic carbocycles. The van der Waals surface area contributed by atoms with Gasteiger partial charge < -0.3 is 10.6 Å². The topological polar surface area (TPSA) is 61.4 Å². The van der Waals surface area contributed by atoms with Crippen LogP contribution in [0.1, 0.15) is 5.56 Å². The monoisotopic (exact) mass is 281 g/mol. The summed E-state index contributed by atoms with van der Waals surface area (Å²) in [7, 11) is 1.57. The fraction of sp³-hybridized carbons (Fsp3) is 0.385. The minimum Gasteiger partial charge on any atom is -0.357 e. The molecular formula is C13H16ClN3O2. The van der Waals surface area contributed by atoms with E-state index < -0.39 is 6.04 Å². The number of carbonyl (C=O) groups excluding carboxylic acids is 2. The molecule has 2 N–H and O–H groups in total. The molecule has 1 unspecified atom stereocenters. The molecule has 102 valence electrons. The predicted octanol–water partition coefficient (Wildman–Crippen LogP) is 1.11. The summed E-state index contributed by atoms with van der Waals surface area (Å²) in [6.07, 6.45) is 0.532. The minimum absolute atomic E-state index is 0.169. The van der Waals surface area contributed by atoms with Crippen LogP contribution >= 0.6 is 11.6 Å². The fourth-order valence-electron chi connectivity index (χ4n) is 2.25. The molecule has 0 aromatic heterocycles. The highest BCUT2D eigenvalue weighted by Gasteiger charge is 2.37. The number of hydrogen-bond donors (Lipinski definition) is 2. The van der Waals surface area contributed by atoms with Crippen molar-refractivity contribution in [2.45, 2.75) is 12.5 Å². The number of likely N-dealkylation sites (N-methyl/N-ethyl adjacent to an activating group) is 1. The van der Waals surface area contributed by atoms with Gasteiger partial charge in [-0.2, -0.15) is 0 Å². The highest BCUT2D eigenvalue weighted by atomic mass is 35.5. The Balaban J connectivity index is 2.28. The SMILES string of the molecule is CNC(=O)C1Cc2ccccc2N1C(=O)NCCCl. The van der Waals surface area contributed by atoms with Crippen LogP contribution in [-0.2, 0) is 11.2 Å². The zero-order chi connectivity index (χ0) is 13.8. The van der Waals surface area contributed by atoms with Gasteiger partial charge in [0.1, 0.15) is 6.04 Å². The minimum atomic E-state index is -0.502. The van der Waals surface area contributed by atoms with Crippen LogP contribution in [0.15, 0.2) is 24.3 Å². The lowest BCUT2D eigenvalue weighted by Crippen LogP contribution is -2.51. The lowest BCUT2D eigenvalue weighted by atomic mass is 10.1. The molecule has 3 amide bonds. The Morgan fingerprint density at radius 1 is 1.42 bits per heavy atom. The fourth-order valence-corrected chi connectivity index (χ4v) is 2.35. The molecule has 5 nitrogen and oxygen atoms in total. The number of carbonyl (C=O) groups is 2. The molecular weight excluding hydrogens is 266 g/mol. The molecule has 0 saturated carbocycles. The number of nitrogens with zero attached hydrogens (tertiary/aromatic N) is 1. The van der Waals surface area contributed by atoms with E-state index in [-0.39, 0.29) is 11.9 Å². The highest BCUT2D eigenvalue weighted by Crippen LogP contribution is 2.32. The lowest BCUT2D eigenvalue weighted by Gasteiger charge is -2.24. The quantitative estimate of drug-likeness (QED) is 0.816. The summed E-state index contributed by atoms with van der Waals surface area (Å²) in [5.74, 6) is 0.170.